The Morgan fingerprint density at radius 3 is 2.69 bits per heavy atom. The van der Waals surface area contributed by atoms with Crippen LogP contribution in [0.15, 0.2) is 35.5 Å². The Hall–Kier alpha value is -1.68. The van der Waals surface area contributed by atoms with E-state index in [1.54, 1.807) is 6.08 Å². The van der Waals surface area contributed by atoms with Gasteiger partial charge < -0.3 is 9.84 Å². The number of aliphatic carboxylic acids is 1. The summed E-state index contributed by atoms with van der Waals surface area (Å²) in [5.41, 5.74) is 1.37. The van der Waals surface area contributed by atoms with Gasteiger partial charge in [-0.3, -0.25) is 9.59 Å². The van der Waals surface area contributed by atoms with Crippen molar-refractivity contribution in [1.29, 1.82) is 0 Å². The minimum atomic E-state index is -0.941. The van der Waals surface area contributed by atoms with Crippen molar-refractivity contribution in [3.05, 3.63) is 35.5 Å². The average Bonchev–Trinajstić information content (AvgIpc) is 2.94. The number of fused-ring (bicyclic) bond motifs is 5. The summed E-state index contributed by atoms with van der Waals surface area (Å²) in [7, 11) is 1.83. The maximum absolute atomic E-state index is 12.3. The molecule has 0 bridgehead atoms. The highest BCUT2D eigenvalue weighted by atomic mass is 16.5. The number of carbonyl (C=O) groups is 2. The zero-order valence-corrected chi connectivity index (χ0v) is 15.8. The number of methoxy groups -OCH3 is 1. The molecule has 4 aliphatic rings. The first-order chi connectivity index (χ1) is 12.3. The van der Waals surface area contributed by atoms with E-state index in [0.717, 1.165) is 24.8 Å². The van der Waals surface area contributed by atoms with Crippen LogP contribution in [0.25, 0.3) is 0 Å². The van der Waals surface area contributed by atoms with Crippen LogP contribution in [0.4, 0.5) is 0 Å². The van der Waals surface area contributed by atoms with E-state index < -0.39 is 5.97 Å². The third-order valence-electron chi connectivity index (χ3n) is 7.90. The van der Waals surface area contributed by atoms with Crippen LogP contribution in [0.5, 0.6) is 0 Å². The molecule has 0 amide bonds. The monoisotopic (exact) mass is 356 g/mol. The van der Waals surface area contributed by atoms with Crippen LogP contribution in [-0.2, 0) is 14.3 Å². The number of hydrogen-bond acceptors (Lipinski definition) is 3. The van der Waals surface area contributed by atoms with Crippen molar-refractivity contribution in [2.45, 2.75) is 52.1 Å². The number of carbonyl (C=O) groups excluding carboxylic acids is 1. The molecule has 6 atom stereocenters. The van der Waals surface area contributed by atoms with Gasteiger partial charge in [0.05, 0.1) is 12.5 Å². The third-order valence-corrected chi connectivity index (χ3v) is 7.90. The summed E-state index contributed by atoms with van der Waals surface area (Å²) in [4.78, 5) is 23.6. The molecule has 0 aromatic carbocycles. The van der Waals surface area contributed by atoms with Crippen molar-refractivity contribution in [2.75, 3.05) is 7.11 Å². The fraction of sp³-hybridized carbons (Fsp3) is 0.636. The summed E-state index contributed by atoms with van der Waals surface area (Å²) >= 11 is 0. The van der Waals surface area contributed by atoms with Gasteiger partial charge in [0.25, 0.3) is 0 Å². The summed E-state index contributed by atoms with van der Waals surface area (Å²) in [6, 6.07) is 0. The number of rotatable bonds is 3. The van der Waals surface area contributed by atoms with E-state index in [-0.39, 0.29) is 23.0 Å². The van der Waals surface area contributed by atoms with E-state index in [2.05, 4.69) is 26.0 Å². The first kappa shape index (κ1) is 17.7. The van der Waals surface area contributed by atoms with E-state index in [9.17, 15) is 14.7 Å². The Kier molecular flexibility index (Phi) is 4.03. The van der Waals surface area contributed by atoms with Crippen molar-refractivity contribution in [2.24, 2.45) is 28.6 Å². The molecule has 0 spiro atoms. The predicted octanol–water partition coefficient (Wildman–Crippen LogP) is 3.93. The number of ether oxygens (including phenoxy) is 1. The van der Waals surface area contributed by atoms with E-state index in [1.807, 2.05) is 13.2 Å². The van der Waals surface area contributed by atoms with E-state index in [4.69, 9.17) is 4.74 Å². The SMILES string of the molecule is CO[C@@H]1CC[C@H]2[C@@H]3C=CC4=C(CC(=O)O)C(=O)C=C[C@]4(C)[C@H]3CC[C@]12C. The summed E-state index contributed by atoms with van der Waals surface area (Å²) in [5, 5.41) is 9.25. The lowest BCUT2D eigenvalue weighted by Crippen LogP contribution is -2.49. The molecule has 0 aliphatic heterocycles. The van der Waals surface area contributed by atoms with Crippen LogP contribution in [0.3, 0.4) is 0 Å². The number of hydrogen-bond donors (Lipinski definition) is 1. The lowest BCUT2D eigenvalue weighted by Gasteiger charge is -2.55. The maximum atomic E-state index is 12.3. The Morgan fingerprint density at radius 2 is 2.00 bits per heavy atom. The van der Waals surface area contributed by atoms with Gasteiger partial charge >= 0.3 is 5.97 Å². The normalized spacial score (nSPS) is 43.9. The molecule has 0 heterocycles. The van der Waals surface area contributed by atoms with Gasteiger partial charge in [0.1, 0.15) is 0 Å². The van der Waals surface area contributed by atoms with Crippen LogP contribution >= 0.6 is 0 Å². The molecule has 0 saturated heterocycles. The number of ketones is 1. The topological polar surface area (TPSA) is 63.6 Å². The van der Waals surface area contributed by atoms with Gasteiger partial charge in [0.15, 0.2) is 5.78 Å². The molecule has 4 heteroatoms. The molecule has 0 unspecified atom stereocenters. The smallest absolute Gasteiger partial charge is 0.307 e. The standard InChI is InChI=1S/C22H28O4/c1-21-11-9-18(23)14(12-20(24)25)16(21)5-4-13-15-6-7-19(26-3)22(15,2)10-8-17(13)21/h4-5,9,11,13,15,17,19H,6-8,10,12H2,1-3H3,(H,24,25)/t13-,15-,17-,19+,21-,22-/m0/s1. The minimum absolute atomic E-state index is 0.149. The molecule has 0 radical (unpaired) electrons. The number of carboxylic acid groups (broad SMARTS) is 1. The zero-order chi connectivity index (χ0) is 18.7. The number of allylic oxidation sites excluding steroid dienone is 5. The van der Waals surface area contributed by atoms with E-state index in [1.165, 1.54) is 6.42 Å². The Labute approximate surface area is 155 Å². The second-order valence-corrected chi connectivity index (χ2v) is 8.94. The highest BCUT2D eigenvalue weighted by Gasteiger charge is 2.58. The van der Waals surface area contributed by atoms with Gasteiger partial charge in [-0.1, -0.05) is 32.1 Å². The van der Waals surface area contributed by atoms with Gasteiger partial charge in [-0.05, 0) is 60.5 Å². The average molecular weight is 356 g/mol. The number of carboxylic acids is 1. The molecule has 0 aromatic heterocycles. The first-order valence-electron chi connectivity index (χ1n) is 9.71. The molecule has 4 aliphatic carbocycles. The van der Waals surface area contributed by atoms with Gasteiger partial charge in [0.2, 0.25) is 0 Å². The van der Waals surface area contributed by atoms with Crippen molar-refractivity contribution in [3.8, 4) is 0 Å². The molecule has 1 N–H and O–H groups in total. The molecule has 140 valence electrons. The van der Waals surface area contributed by atoms with Crippen molar-refractivity contribution < 1.29 is 19.4 Å². The van der Waals surface area contributed by atoms with Gasteiger partial charge in [-0.25, -0.2) is 0 Å². The predicted molar refractivity (Wildman–Crippen MR) is 98.5 cm³/mol. The third kappa shape index (κ3) is 2.31. The highest BCUT2D eigenvalue weighted by molar-refractivity contribution is 6.08. The van der Waals surface area contributed by atoms with Gasteiger partial charge in [-0.2, -0.15) is 0 Å². The van der Waals surface area contributed by atoms with Crippen LogP contribution in [0, 0.1) is 28.6 Å². The summed E-state index contributed by atoms with van der Waals surface area (Å²) in [5.74, 6) is 0.388. The lowest BCUT2D eigenvalue weighted by molar-refractivity contribution is -0.136. The van der Waals surface area contributed by atoms with Crippen LogP contribution in [0.1, 0.15) is 46.0 Å². The minimum Gasteiger partial charge on any atom is -0.481 e. The molecular formula is C22H28O4. The van der Waals surface area contributed by atoms with E-state index in [0.29, 0.717) is 29.4 Å². The maximum Gasteiger partial charge on any atom is 0.307 e. The second kappa shape index (κ2) is 5.91. The molecular weight excluding hydrogens is 328 g/mol. The van der Waals surface area contributed by atoms with Crippen LogP contribution in [0.2, 0.25) is 0 Å². The van der Waals surface area contributed by atoms with Crippen LogP contribution in [-0.4, -0.2) is 30.1 Å². The highest BCUT2D eigenvalue weighted by Crippen LogP contribution is 2.63. The van der Waals surface area contributed by atoms with Crippen molar-refractivity contribution in [3.63, 3.8) is 0 Å². The molecule has 0 aromatic rings. The fourth-order valence-corrected chi connectivity index (χ4v) is 6.54. The molecule has 2 saturated carbocycles. The second-order valence-electron chi connectivity index (χ2n) is 8.94. The lowest BCUT2D eigenvalue weighted by atomic mass is 9.50. The quantitative estimate of drug-likeness (QED) is 0.832. The van der Waals surface area contributed by atoms with Crippen LogP contribution < -0.4 is 0 Å². The zero-order valence-electron chi connectivity index (χ0n) is 15.8. The van der Waals surface area contributed by atoms with Crippen molar-refractivity contribution in [1.82, 2.24) is 0 Å². The first-order valence-corrected chi connectivity index (χ1v) is 9.71. The molecule has 4 nitrogen and oxygen atoms in total. The summed E-state index contributed by atoms with van der Waals surface area (Å²) in [6.07, 6.45) is 12.6. The summed E-state index contributed by atoms with van der Waals surface area (Å²) < 4.78 is 5.81. The molecule has 26 heavy (non-hydrogen) atoms. The van der Waals surface area contributed by atoms with Gasteiger partial charge in [-0.15, -0.1) is 0 Å². The summed E-state index contributed by atoms with van der Waals surface area (Å²) in [6.45, 7) is 4.58. The Morgan fingerprint density at radius 1 is 1.23 bits per heavy atom. The Balaban J connectivity index is 1.77. The Bertz CT molecular complexity index is 745. The molecule has 2 fully saturated rings. The van der Waals surface area contributed by atoms with Gasteiger partial charge in [0, 0.05) is 18.1 Å². The van der Waals surface area contributed by atoms with Crippen molar-refractivity contribution >= 4 is 11.8 Å². The largest absolute Gasteiger partial charge is 0.481 e. The molecule has 4 rings (SSSR count). The van der Waals surface area contributed by atoms with E-state index >= 15 is 0 Å². The fourth-order valence-electron chi connectivity index (χ4n) is 6.54.